The summed E-state index contributed by atoms with van der Waals surface area (Å²) in [5.41, 5.74) is -1.24. The van der Waals surface area contributed by atoms with Gasteiger partial charge in [0.2, 0.25) is 0 Å². The van der Waals surface area contributed by atoms with Crippen LogP contribution in [0, 0.1) is 20.2 Å². The third-order valence-corrected chi connectivity index (χ3v) is 1.56. The molecule has 0 saturated heterocycles. The van der Waals surface area contributed by atoms with Crippen LogP contribution >= 0.6 is 0 Å². The van der Waals surface area contributed by atoms with Gasteiger partial charge in [-0.3, -0.25) is 25.0 Å². The predicted molar refractivity (Wildman–Crippen MR) is 49.1 cm³/mol. The number of nitro benzene ring substituents is 2. The molecule has 1 aromatic carbocycles. The molecule has 0 aliphatic carbocycles. The first-order valence-corrected chi connectivity index (χ1v) is 3.62. The number of carbonyl (C=O) groups excluding carboxylic acids is 1. The number of nitrogens with zero attached hydrogens (tertiary/aromatic N) is 2. The molecule has 0 spiro atoms. The molecule has 0 bridgehead atoms. The Morgan fingerprint density at radius 3 is 2.20 bits per heavy atom. The number of rotatable bonds is 4. The zero-order valence-electron chi connectivity index (χ0n) is 7.17. The van der Waals surface area contributed by atoms with E-state index in [1.165, 1.54) is 12.5 Å². The Labute approximate surface area is 82.8 Å². The van der Waals surface area contributed by atoms with E-state index in [0.29, 0.717) is 0 Å². The van der Waals surface area contributed by atoms with Gasteiger partial charge in [-0.05, 0) is 6.07 Å². The molecule has 0 aromatic heterocycles. The maximum atomic E-state index is 10.5. The fraction of sp³-hybridized carbons (Fsp3) is 0. The molecule has 1 rings (SSSR count). The molecular formula is C7H4N3O5. The van der Waals surface area contributed by atoms with Crippen molar-refractivity contribution >= 4 is 23.5 Å². The summed E-state index contributed by atoms with van der Waals surface area (Å²) in [6.45, 7) is 0. The van der Waals surface area contributed by atoms with Crippen LogP contribution in [-0.4, -0.2) is 16.3 Å². The van der Waals surface area contributed by atoms with Gasteiger partial charge in [0.25, 0.3) is 0 Å². The van der Waals surface area contributed by atoms with Gasteiger partial charge >= 0.3 is 17.8 Å². The summed E-state index contributed by atoms with van der Waals surface area (Å²) in [5.74, 6) is 0. The molecule has 77 valence electrons. The molecule has 0 heterocycles. The highest BCUT2D eigenvalue weighted by atomic mass is 16.6. The van der Waals surface area contributed by atoms with Gasteiger partial charge in [-0.25, -0.2) is 0 Å². The van der Waals surface area contributed by atoms with E-state index in [9.17, 15) is 25.0 Å². The van der Waals surface area contributed by atoms with E-state index in [-0.39, 0.29) is 5.69 Å². The number of hydrogen-bond acceptors (Lipinski definition) is 5. The molecule has 1 amide bonds. The molecule has 1 N–H and O–H groups in total. The summed E-state index contributed by atoms with van der Waals surface area (Å²) in [7, 11) is 0. The Morgan fingerprint density at radius 2 is 1.73 bits per heavy atom. The fourth-order valence-corrected chi connectivity index (χ4v) is 0.961. The van der Waals surface area contributed by atoms with Crippen molar-refractivity contribution in [1.29, 1.82) is 0 Å². The van der Waals surface area contributed by atoms with Crippen molar-refractivity contribution in [2.75, 3.05) is 5.32 Å². The summed E-state index contributed by atoms with van der Waals surface area (Å²) in [5, 5.41) is 22.9. The summed E-state index contributed by atoms with van der Waals surface area (Å²) < 4.78 is 0. The Morgan fingerprint density at radius 1 is 1.13 bits per heavy atom. The van der Waals surface area contributed by atoms with Crippen LogP contribution in [0.4, 0.5) is 17.1 Å². The maximum absolute atomic E-state index is 10.5. The molecule has 0 aliphatic rings. The van der Waals surface area contributed by atoms with Crippen LogP contribution in [-0.2, 0) is 4.79 Å². The van der Waals surface area contributed by atoms with E-state index in [1.807, 2.05) is 5.32 Å². The van der Waals surface area contributed by atoms with Gasteiger partial charge in [0.1, 0.15) is 0 Å². The van der Waals surface area contributed by atoms with Crippen molar-refractivity contribution in [3.63, 3.8) is 0 Å². The van der Waals surface area contributed by atoms with Crippen molar-refractivity contribution < 1.29 is 14.6 Å². The topological polar surface area (TPSA) is 115 Å². The second-order valence-corrected chi connectivity index (χ2v) is 2.44. The lowest BCUT2D eigenvalue weighted by molar-refractivity contribution is -0.422. The van der Waals surface area contributed by atoms with Gasteiger partial charge in [-0.15, -0.1) is 0 Å². The predicted octanol–water partition coefficient (Wildman–Crippen LogP) is 0.982. The smallest absolute Gasteiger partial charge is 0.318 e. The Hall–Kier alpha value is -2.51. The molecular weight excluding hydrogens is 206 g/mol. The minimum absolute atomic E-state index is 0.0716. The highest BCUT2D eigenvalue weighted by Crippen LogP contribution is 2.29. The van der Waals surface area contributed by atoms with Crippen LogP contribution in [0.3, 0.4) is 0 Å². The number of anilines is 1. The normalized spacial score (nSPS) is 9.33. The average Bonchev–Trinajstić information content (AvgIpc) is 2.17. The molecule has 0 aliphatic heterocycles. The van der Waals surface area contributed by atoms with Crippen LogP contribution in [0.15, 0.2) is 18.2 Å². The van der Waals surface area contributed by atoms with Crippen molar-refractivity contribution in [3.05, 3.63) is 38.4 Å². The monoisotopic (exact) mass is 210 g/mol. The molecule has 8 nitrogen and oxygen atoms in total. The molecule has 0 fully saturated rings. The number of nitro groups is 2. The van der Waals surface area contributed by atoms with Gasteiger partial charge in [0, 0.05) is 17.8 Å². The highest BCUT2D eigenvalue weighted by Gasteiger charge is 2.23. The second-order valence-electron chi connectivity index (χ2n) is 2.44. The second kappa shape index (κ2) is 4.13. The van der Waals surface area contributed by atoms with Crippen LogP contribution in [0.2, 0.25) is 0 Å². The Balaban J connectivity index is 3.26. The Bertz CT molecular complexity index is 431. The largest absolute Gasteiger partial charge is 0.348 e. The lowest BCUT2D eigenvalue weighted by atomic mass is 10.2. The first-order chi connectivity index (χ1) is 7.06. The zero-order chi connectivity index (χ0) is 11.4. The first kappa shape index (κ1) is 10.6. The summed E-state index contributed by atoms with van der Waals surface area (Å²) >= 11 is 0. The number of benzene rings is 1. The van der Waals surface area contributed by atoms with Gasteiger partial charge in [0.15, 0.2) is 0 Å². The van der Waals surface area contributed by atoms with Gasteiger partial charge in [0.05, 0.1) is 9.85 Å². The van der Waals surface area contributed by atoms with E-state index in [0.717, 1.165) is 12.1 Å². The van der Waals surface area contributed by atoms with Gasteiger partial charge in [-0.1, -0.05) is 0 Å². The van der Waals surface area contributed by atoms with E-state index >= 15 is 0 Å². The van der Waals surface area contributed by atoms with E-state index < -0.39 is 21.2 Å². The zero-order valence-corrected chi connectivity index (χ0v) is 7.17. The average molecular weight is 210 g/mol. The van der Waals surface area contributed by atoms with Gasteiger partial charge < -0.3 is 5.32 Å². The van der Waals surface area contributed by atoms with E-state index in [1.54, 1.807) is 0 Å². The van der Waals surface area contributed by atoms with Crippen LogP contribution in [0.25, 0.3) is 0 Å². The maximum Gasteiger partial charge on any atom is 0.348 e. The van der Waals surface area contributed by atoms with E-state index in [4.69, 9.17) is 0 Å². The summed E-state index contributed by atoms with van der Waals surface area (Å²) in [6.07, 6.45) is 1.31. The number of hydrogen-bond donors (Lipinski definition) is 1. The lowest BCUT2D eigenvalue weighted by Crippen LogP contribution is -1.99. The van der Waals surface area contributed by atoms with Gasteiger partial charge in [-0.2, -0.15) is 0 Å². The first-order valence-electron chi connectivity index (χ1n) is 3.62. The van der Waals surface area contributed by atoms with Crippen molar-refractivity contribution in [3.8, 4) is 0 Å². The molecule has 0 atom stereocenters. The van der Waals surface area contributed by atoms with Crippen molar-refractivity contribution in [2.24, 2.45) is 0 Å². The van der Waals surface area contributed by atoms with Crippen molar-refractivity contribution in [2.45, 2.75) is 0 Å². The quantitative estimate of drug-likeness (QED) is 0.451. The van der Waals surface area contributed by atoms with Crippen LogP contribution < -0.4 is 5.32 Å². The molecule has 15 heavy (non-hydrogen) atoms. The molecule has 1 radical (unpaired) electrons. The SMILES string of the molecule is O=[C]Nc1ccc([N+](=O)[O-])c([N+](=O)[O-])c1. The number of amides is 1. The minimum atomic E-state index is -0.895. The minimum Gasteiger partial charge on any atom is -0.318 e. The van der Waals surface area contributed by atoms with Crippen LogP contribution in [0.5, 0.6) is 0 Å². The van der Waals surface area contributed by atoms with Crippen LogP contribution in [0.1, 0.15) is 0 Å². The highest BCUT2D eigenvalue weighted by molar-refractivity contribution is 5.75. The molecule has 0 unspecified atom stereocenters. The third-order valence-electron chi connectivity index (χ3n) is 1.56. The lowest BCUT2D eigenvalue weighted by Gasteiger charge is -1.98. The van der Waals surface area contributed by atoms with E-state index in [2.05, 4.69) is 0 Å². The standard InChI is InChI=1S/C7H4N3O5/c11-4-8-5-1-2-6(9(12)13)7(3-5)10(14)15/h1-3H,(H,8,11). The van der Waals surface area contributed by atoms with Crippen molar-refractivity contribution in [1.82, 2.24) is 0 Å². The molecule has 8 heteroatoms. The molecule has 1 aromatic rings. The third kappa shape index (κ3) is 2.24. The Kier molecular flexibility index (Phi) is 2.91. The summed E-state index contributed by atoms with van der Waals surface area (Å²) in [4.78, 5) is 29.0. The number of nitrogens with one attached hydrogen (secondary N) is 1. The fourth-order valence-electron chi connectivity index (χ4n) is 0.961. The summed E-state index contributed by atoms with van der Waals surface area (Å²) in [6, 6.07) is 3.01. The molecule has 0 saturated carbocycles.